The third kappa shape index (κ3) is 4.29. The number of benzene rings is 2. The highest BCUT2D eigenvalue weighted by Gasteiger charge is 2.39. The van der Waals surface area contributed by atoms with Gasteiger partial charge in [0.2, 0.25) is 0 Å². The van der Waals surface area contributed by atoms with Crippen molar-refractivity contribution in [2.45, 2.75) is 32.2 Å². The highest BCUT2D eigenvalue weighted by Crippen LogP contribution is 2.36. The molecular weight excluding hydrogens is 483 g/mol. The molecule has 1 fully saturated rings. The normalized spacial score (nSPS) is 15.5. The van der Waals surface area contributed by atoms with Gasteiger partial charge >= 0.3 is 0 Å². The number of ketones is 1. The third-order valence-electron chi connectivity index (χ3n) is 6.73. The van der Waals surface area contributed by atoms with Crippen molar-refractivity contribution in [3.63, 3.8) is 0 Å². The number of fused-ring (bicyclic) bond motifs is 1. The Morgan fingerprint density at radius 2 is 1.77 bits per heavy atom. The Balaban J connectivity index is 1.63. The van der Waals surface area contributed by atoms with E-state index in [2.05, 4.69) is 20.2 Å². The maximum atomic E-state index is 12.4. The number of aromatic nitrogens is 4. The minimum absolute atomic E-state index is 0.180. The third-order valence-corrected chi connectivity index (χ3v) is 7.31. The maximum absolute atomic E-state index is 12.4. The summed E-state index contributed by atoms with van der Waals surface area (Å²) in [7, 11) is 0. The molecule has 5 rings (SSSR count). The van der Waals surface area contributed by atoms with Gasteiger partial charge in [-0.2, -0.15) is 0 Å². The topological polar surface area (TPSA) is 75.9 Å². The molecule has 4 aromatic rings. The second kappa shape index (κ2) is 9.57. The lowest BCUT2D eigenvalue weighted by Crippen LogP contribution is -2.57. The summed E-state index contributed by atoms with van der Waals surface area (Å²) in [6.45, 7) is 5.83. The van der Waals surface area contributed by atoms with Gasteiger partial charge in [-0.15, -0.1) is 0 Å². The lowest BCUT2D eigenvalue weighted by atomic mass is 9.84. The van der Waals surface area contributed by atoms with Crippen LogP contribution in [0.25, 0.3) is 28.2 Å². The van der Waals surface area contributed by atoms with Crippen molar-refractivity contribution in [2.24, 2.45) is 0 Å². The average molecular weight is 509 g/mol. The van der Waals surface area contributed by atoms with Crippen LogP contribution < -0.4 is 10.2 Å². The molecule has 0 spiro atoms. The summed E-state index contributed by atoms with van der Waals surface area (Å²) < 4.78 is 1.99. The number of piperidine rings is 1. The molecule has 0 saturated carbocycles. The number of halogens is 2. The zero-order chi connectivity index (χ0) is 24.6. The first-order valence-corrected chi connectivity index (χ1v) is 12.4. The SMILES string of the molecule is CCNC1(C(C)=O)CCN(c2ncnc3c2nc(-c2ccccc2Cl)n3-c2ccc(Cl)cc2)CC1. The van der Waals surface area contributed by atoms with Crippen molar-refractivity contribution >= 4 is 46.0 Å². The fraction of sp³-hybridized carbons (Fsp3) is 0.308. The molecule has 0 amide bonds. The molecule has 2 aromatic carbocycles. The Bertz CT molecular complexity index is 1380. The molecule has 1 aliphatic heterocycles. The standard InChI is InChI=1S/C26H26Cl2N6O/c1-3-31-26(17(2)35)12-14-33(15-13-26)24-22-25(30-16-29-24)34(19-10-8-18(27)9-11-19)23(32-22)20-6-4-5-7-21(20)28/h4-11,16,31H,3,12-15H2,1-2H3. The second-order valence-corrected chi connectivity index (χ2v) is 9.60. The van der Waals surface area contributed by atoms with Crippen molar-refractivity contribution in [1.29, 1.82) is 0 Å². The van der Waals surface area contributed by atoms with Gasteiger partial charge in [-0.25, -0.2) is 15.0 Å². The number of imidazole rings is 1. The van der Waals surface area contributed by atoms with Gasteiger partial charge in [-0.05, 0) is 62.7 Å². The Kier molecular flexibility index (Phi) is 6.49. The molecular formula is C26H26Cl2N6O. The molecule has 0 aliphatic carbocycles. The number of rotatable bonds is 6. The molecule has 1 N–H and O–H groups in total. The molecule has 9 heteroatoms. The number of anilines is 1. The van der Waals surface area contributed by atoms with E-state index in [1.54, 1.807) is 13.3 Å². The number of carbonyl (C=O) groups is 1. The Morgan fingerprint density at radius 1 is 1.06 bits per heavy atom. The van der Waals surface area contributed by atoms with Crippen LogP contribution in [0, 0.1) is 0 Å². The number of hydrogen-bond acceptors (Lipinski definition) is 6. The molecule has 180 valence electrons. The van der Waals surface area contributed by atoms with E-state index < -0.39 is 5.54 Å². The number of Topliss-reactive ketones (excluding diaryl/α,β-unsaturated/α-hetero) is 1. The maximum Gasteiger partial charge on any atom is 0.170 e. The first-order chi connectivity index (χ1) is 16.9. The summed E-state index contributed by atoms with van der Waals surface area (Å²) in [4.78, 5) is 28.9. The molecule has 0 unspecified atom stereocenters. The average Bonchev–Trinajstić information content (AvgIpc) is 3.25. The fourth-order valence-electron chi connectivity index (χ4n) is 4.86. The summed E-state index contributed by atoms with van der Waals surface area (Å²) in [5.41, 5.74) is 2.56. The monoisotopic (exact) mass is 508 g/mol. The van der Waals surface area contributed by atoms with Crippen molar-refractivity contribution in [1.82, 2.24) is 24.8 Å². The Labute approximate surface area is 214 Å². The first-order valence-electron chi connectivity index (χ1n) is 11.7. The molecule has 3 heterocycles. The lowest BCUT2D eigenvalue weighted by Gasteiger charge is -2.41. The summed E-state index contributed by atoms with van der Waals surface area (Å²) in [6.07, 6.45) is 2.98. The molecule has 2 aromatic heterocycles. The van der Waals surface area contributed by atoms with Gasteiger partial charge in [0, 0.05) is 29.4 Å². The summed E-state index contributed by atoms with van der Waals surface area (Å²) in [6, 6.07) is 15.2. The van der Waals surface area contributed by atoms with Gasteiger partial charge in [0.1, 0.15) is 17.9 Å². The molecule has 1 aliphatic rings. The molecule has 7 nitrogen and oxygen atoms in total. The quantitative estimate of drug-likeness (QED) is 0.379. The highest BCUT2D eigenvalue weighted by molar-refractivity contribution is 6.33. The van der Waals surface area contributed by atoms with Crippen molar-refractivity contribution < 1.29 is 4.79 Å². The second-order valence-electron chi connectivity index (χ2n) is 8.75. The van der Waals surface area contributed by atoms with Gasteiger partial charge in [-0.3, -0.25) is 9.36 Å². The van der Waals surface area contributed by atoms with Crippen LogP contribution in [0.1, 0.15) is 26.7 Å². The molecule has 0 radical (unpaired) electrons. The van der Waals surface area contributed by atoms with Gasteiger partial charge < -0.3 is 10.2 Å². The molecule has 0 atom stereocenters. The van der Waals surface area contributed by atoms with E-state index in [9.17, 15) is 4.79 Å². The summed E-state index contributed by atoms with van der Waals surface area (Å²) in [5, 5.41) is 4.67. The zero-order valence-electron chi connectivity index (χ0n) is 19.6. The van der Waals surface area contributed by atoms with E-state index in [4.69, 9.17) is 28.2 Å². The van der Waals surface area contributed by atoms with E-state index in [0.717, 1.165) is 23.6 Å². The van der Waals surface area contributed by atoms with Gasteiger partial charge in [-0.1, -0.05) is 42.3 Å². The van der Waals surface area contributed by atoms with Gasteiger partial charge in [0.25, 0.3) is 0 Å². The van der Waals surface area contributed by atoms with Crippen LogP contribution >= 0.6 is 23.2 Å². The molecule has 35 heavy (non-hydrogen) atoms. The lowest BCUT2D eigenvalue weighted by molar-refractivity contribution is -0.124. The first kappa shape index (κ1) is 23.7. The number of carbonyl (C=O) groups excluding carboxylic acids is 1. The minimum Gasteiger partial charge on any atom is -0.354 e. The number of nitrogens with zero attached hydrogens (tertiary/aromatic N) is 5. The van der Waals surface area contributed by atoms with Crippen LogP contribution in [0.15, 0.2) is 54.9 Å². The number of nitrogens with one attached hydrogen (secondary N) is 1. The zero-order valence-corrected chi connectivity index (χ0v) is 21.1. The predicted molar refractivity (Wildman–Crippen MR) is 141 cm³/mol. The van der Waals surface area contributed by atoms with Crippen LogP contribution in [0.5, 0.6) is 0 Å². The Hall–Kier alpha value is -3.00. The van der Waals surface area contributed by atoms with E-state index in [1.807, 2.05) is 60.0 Å². The van der Waals surface area contributed by atoms with Gasteiger partial charge in [0.15, 0.2) is 17.0 Å². The van der Waals surface area contributed by atoms with Crippen LogP contribution in [0.3, 0.4) is 0 Å². The van der Waals surface area contributed by atoms with Crippen LogP contribution in [-0.2, 0) is 4.79 Å². The minimum atomic E-state index is -0.483. The highest BCUT2D eigenvalue weighted by atomic mass is 35.5. The van der Waals surface area contributed by atoms with Crippen molar-refractivity contribution in [3.8, 4) is 17.1 Å². The molecule has 0 bridgehead atoms. The number of hydrogen-bond donors (Lipinski definition) is 1. The molecule has 1 saturated heterocycles. The van der Waals surface area contributed by atoms with E-state index in [0.29, 0.717) is 53.0 Å². The fourth-order valence-corrected chi connectivity index (χ4v) is 5.21. The van der Waals surface area contributed by atoms with Crippen LogP contribution in [0.2, 0.25) is 10.0 Å². The number of likely N-dealkylation sites (N-methyl/N-ethyl adjacent to an activating group) is 1. The Morgan fingerprint density at radius 3 is 2.43 bits per heavy atom. The van der Waals surface area contributed by atoms with E-state index >= 15 is 0 Å². The summed E-state index contributed by atoms with van der Waals surface area (Å²) in [5.74, 6) is 1.61. The van der Waals surface area contributed by atoms with Crippen LogP contribution in [0.4, 0.5) is 5.82 Å². The summed E-state index contributed by atoms with van der Waals surface area (Å²) >= 11 is 12.8. The van der Waals surface area contributed by atoms with Crippen molar-refractivity contribution in [3.05, 3.63) is 64.9 Å². The largest absolute Gasteiger partial charge is 0.354 e. The van der Waals surface area contributed by atoms with E-state index in [-0.39, 0.29) is 5.78 Å². The van der Waals surface area contributed by atoms with Crippen molar-refractivity contribution in [2.75, 3.05) is 24.5 Å². The predicted octanol–water partition coefficient (Wildman–Crippen LogP) is 5.33. The van der Waals surface area contributed by atoms with Gasteiger partial charge in [0.05, 0.1) is 10.6 Å². The smallest absolute Gasteiger partial charge is 0.170 e. The van der Waals surface area contributed by atoms with Crippen LogP contribution in [-0.4, -0.2) is 50.5 Å². The van der Waals surface area contributed by atoms with E-state index in [1.165, 1.54) is 0 Å².